The van der Waals surface area contributed by atoms with Crippen LogP contribution in [0.5, 0.6) is 0 Å². The first kappa shape index (κ1) is 20.1. The number of piperazine rings is 1. The van der Waals surface area contributed by atoms with E-state index < -0.39 is 0 Å². The Morgan fingerprint density at radius 1 is 0.839 bits per heavy atom. The molecule has 3 aromatic rings. The average Bonchev–Trinajstić information content (AvgIpc) is 3.31. The first-order chi connectivity index (χ1) is 15.3. The average molecular weight is 421 g/mol. The minimum Gasteiger partial charge on any atom is -0.369 e. The van der Waals surface area contributed by atoms with E-state index in [1.807, 2.05) is 12.1 Å². The van der Waals surface area contributed by atoms with Gasteiger partial charge in [-0.3, -0.25) is 4.90 Å². The SMILES string of the molecule is Fc1ccc([C@@H](c2nnnn2C2CCCCC2)N2CCN(c3ccccc3)CC2)cc1. The normalized spacial score (nSPS) is 19.5. The fourth-order valence-electron chi connectivity index (χ4n) is 5.01. The van der Waals surface area contributed by atoms with Crippen LogP contribution in [0.3, 0.4) is 0 Å². The summed E-state index contributed by atoms with van der Waals surface area (Å²) in [5.41, 5.74) is 2.30. The molecule has 2 fully saturated rings. The molecule has 6 nitrogen and oxygen atoms in total. The van der Waals surface area contributed by atoms with Gasteiger partial charge in [-0.05, 0) is 53.1 Å². The fourth-order valence-corrected chi connectivity index (χ4v) is 5.01. The molecule has 1 aliphatic carbocycles. The summed E-state index contributed by atoms with van der Waals surface area (Å²) in [6.45, 7) is 3.67. The number of hydrogen-bond acceptors (Lipinski definition) is 5. The maximum atomic E-state index is 13.7. The van der Waals surface area contributed by atoms with Crippen molar-refractivity contribution in [1.82, 2.24) is 25.1 Å². The number of hydrogen-bond donors (Lipinski definition) is 0. The summed E-state index contributed by atoms with van der Waals surface area (Å²) in [6, 6.07) is 17.7. The smallest absolute Gasteiger partial charge is 0.173 e. The van der Waals surface area contributed by atoms with E-state index in [0.29, 0.717) is 6.04 Å². The van der Waals surface area contributed by atoms with Gasteiger partial charge in [-0.15, -0.1) is 5.10 Å². The van der Waals surface area contributed by atoms with E-state index in [1.165, 1.54) is 37.1 Å². The Hall–Kier alpha value is -2.80. The van der Waals surface area contributed by atoms with E-state index in [1.54, 1.807) is 0 Å². The third kappa shape index (κ3) is 4.32. The zero-order valence-electron chi connectivity index (χ0n) is 17.8. The van der Waals surface area contributed by atoms with Crippen LogP contribution >= 0.6 is 0 Å². The standard InChI is InChI=1S/C24H29FN6/c25-20-13-11-19(12-14-20)23(24-26-27-28-31(24)22-9-5-2-6-10-22)30-17-15-29(16-18-30)21-7-3-1-4-8-21/h1,3-4,7-8,11-14,22-23H,2,5-6,9-10,15-18H2/t23-/m0/s1. The van der Waals surface area contributed by atoms with Gasteiger partial charge in [0, 0.05) is 31.9 Å². The van der Waals surface area contributed by atoms with Crippen LogP contribution in [0, 0.1) is 5.82 Å². The topological polar surface area (TPSA) is 50.1 Å². The summed E-state index contributed by atoms with van der Waals surface area (Å²) < 4.78 is 15.7. The molecule has 31 heavy (non-hydrogen) atoms. The monoisotopic (exact) mass is 420 g/mol. The molecule has 5 rings (SSSR count). The first-order valence-corrected chi connectivity index (χ1v) is 11.4. The summed E-state index contributed by atoms with van der Waals surface area (Å²) >= 11 is 0. The summed E-state index contributed by atoms with van der Waals surface area (Å²) in [6.07, 6.45) is 5.98. The molecule has 0 spiro atoms. The number of para-hydroxylation sites is 1. The van der Waals surface area contributed by atoms with Gasteiger partial charge in [-0.1, -0.05) is 49.6 Å². The molecule has 0 bridgehead atoms. The van der Waals surface area contributed by atoms with Crippen LogP contribution < -0.4 is 4.90 Å². The van der Waals surface area contributed by atoms with Gasteiger partial charge in [-0.25, -0.2) is 9.07 Å². The summed E-state index contributed by atoms with van der Waals surface area (Å²) in [5, 5.41) is 13.0. The van der Waals surface area contributed by atoms with Gasteiger partial charge in [-0.2, -0.15) is 0 Å². The third-order valence-corrected chi connectivity index (χ3v) is 6.67. The molecule has 2 heterocycles. The van der Waals surface area contributed by atoms with E-state index in [2.05, 4.69) is 60.3 Å². The van der Waals surface area contributed by atoms with E-state index in [4.69, 9.17) is 0 Å². The van der Waals surface area contributed by atoms with E-state index in [9.17, 15) is 4.39 Å². The molecule has 1 aliphatic heterocycles. The molecule has 0 radical (unpaired) electrons. The molecule has 1 saturated heterocycles. The highest BCUT2D eigenvalue weighted by Gasteiger charge is 2.32. The first-order valence-electron chi connectivity index (χ1n) is 11.4. The van der Waals surface area contributed by atoms with Crippen molar-refractivity contribution in [3.63, 3.8) is 0 Å². The van der Waals surface area contributed by atoms with Crippen molar-refractivity contribution in [1.29, 1.82) is 0 Å². The lowest BCUT2D eigenvalue weighted by Gasteiger charge is -2.40. The van der Waals surface area contributed by atoms with Gasteiger partial charge in [0.15, 0.2) is 5.82 Å². The molecule has 1 atom stereocenters. The molecular formula is C24H29FN6. The molecule has 7 heteroatoms. The Morgan fingerprint density at radius 3 is 2.26 bits per heavy atom. The van der Waals surface area contributed by atoms with Crippen molar-refractivity contribution in [2.24, 2.45) is 0 Å². The number of aromatic nitrogens is 4. The molecule has 0 amide bonds. The van der Waals surface area contributed by atoms with Gasteiger partial charge in [0.1, 0.15) is 5.82 Å². The van der Waals surface area contributed by atoms with Gasteiger partial charge in [0.25, 0.3) is 0 Å². The maximum Gasteiger partial charge on any atom is 0.173 e. The van der Waals surface area contributed by atoms with Crippen molar-refractivity contribution in [2.75, 3.05) is 31.1 Å². The van der Waals surface area contributed by atoms with E-state index in [0.717, 1.165) is 50.4 Å². The number of anilines is 1. The Labute approximate surface area is 182 Å². The molecule has 0 N–H and O–H groups in total. The lowest BCUT2D eigenvalue weighted by molar-refractivity contribution is 0.193. The lowest BCUT2D eigenvalue weighted by Crippen LogP contribution is -2.48. The molecule has 2 aromatic carbocycles. The van der Waals surface area contributed by atoms with Crippen LogP contribution in [-0.2, 0) is 0 Å². The van der Waals surface area contributed by atoms with Crippen molar-refractivity contribution in [2.45, 2.75) is 44.2 Å². The van der Waals surface area contributed by atoms with Gasteiger partial charge >= 0.3 is 0 Å². The van der Waals surface area contributed by atoms with Crippen LogP contribution in [0.2, 0.25) is 0 Å². The van der Waals surface area contributed by atoms with Crippen LogP contribution in [0.1, 0.15) is 55.6 Å². The largest absolute Gasteiger partial charge is 0.369 e. The zero-order valence-corrected chi connectivity index (χ0v) is 17.8. The predicted octanol–water partition coefficient (Wildman–Crippen LogP) is 4.23. The van der Waals surface area contributed by atoms with Crippen LogP contribution in [-0.4, -0.2) is 51.3 Å². The summed E-state index contributed by atoms with van der Waals surface area (Å²) in [4.78, 5) is 4.86. The molecular weight excluding hydrogens is 391 g/mol. The second-order valence-electron chi connectivity index (χ2n) is 8.59. The Morgan fingerprint density at radius 2 is 1.55 bits per heavy atom. The minimum atomic E-state index is -0.219. The maximum absolute atomic E-state index is 13.7. The lowest BCUT2D eigenvalue weighted by atomic mass is 9.95. The molecule has 1 aromatic heterocycles. The molecule has 0 unspecified atom stereocenters. The van der Waals surface area contributed by atoms with Gasteiger partial charge in [0.2, 0.25) is 0 Å². The van der Waals surface area contributed by atoms with E-state index >= 15 is 0 Å². The van der Waals surface area contributed by atoms with Crippen molar-refractivity contribution >= 4 is 5.69 Å². The summed E-state index contributed by atoms with van der Waals surface area (Å²) in [5.74, 6) is 0.662. The van der Waals surface area contributed by atoms with Gasteiger partial charge in [0.05, 0.1) is 12.1 Å². The number of nitrogens with zero attached hydrogens (tertiary/aromatic N) is 6. The highest BCUT2D eigenvalue weighted by molar-refractivity contribution is 5.46. The second kappa shape index (κ2) is 9.14. The van der Waals surface area contributed by atoms with Crippen molar-refractivity contribution < 1.29 is 4.39 Å². The number of halogens is 1. The van der Waals surface area contributed by atoms with E-state index in [-0.39, 0.29) is 11.9 Å². The van der Waals surface area contributed by atoms with Crippen LogP contribution in [0.4, 0.5) is 10.1 Å². The third-order valence-electron chi connectivity index (χ3n) is 6.67. The van der Waals surface area contributed by atoms with Gasteiger partial charge < -0.3 is 4.90 Å². The highest BCUT2D eigenvalue weighted by Crippen LogP contribution is 2.34. The minimum absolute atomic E-state index is 0.0737. The molecule has 162 valence electrons. The zero-order chi connectivity index (χ0) is 21.0. The number of benzene rings is 2. The Balaban J connectivity index is 1.43. The second-order valence-corrected chi connectivity index (χ2v) is 8.59. The number of tetrazole rings is 1. The molecule has 2 aliphatic rings. The Kier molecular flexibility index (Phi) is 5.93. The number of rotatable bonds is 5. The summed E-state index contributed by atoms with van der Waals surface area (Å²) in [7, 11) is 0. The predicted molar refractivity (Wildman–Crippen MR) is 118 cm³/mol. The molecule has 1 saturated carbocycles. The van der Waals surface area contributed by atoms with Crippen molar-refractivity contribution in [3.05, 3.63) is 71.8 Å². The van der Waals surface area contributed by atoms with Crippen LogP contribution in [0.15, 0.2) is 54.6 Å². The fraction of sp³-hybridized carbons (Fsp3) is 0.458. The van der Waals surface area contributed by atoms with Crippen LogP contribution in [0.25, 0.3) is 0 Å². The van der Waals surface area contributed by atoms with Crippen molar-refractivity contribution in [3.8, 4) is 0 Å². The highest BCUT2D eigenvalue weighted by atomic mass is 19.1. The quantitative estimate of drug-likeness (QED) is 0.618. The Bertz CT molecular complexity index is 959.